The molecule has 0 bridgehead atoms. The van der Waals surface area contributed by atoms with Crippen molar-refractivity contribution in [3.63, 3.8) is 0 Å². The summed E-state index contributed by atoms with van der Waals surface area (Å²) < 4.78 is 46.3. The number of carbonyl (C=O) groups excluding carboxylic acids is 1. The SMILES string of the molecule is O=C(Nc1ccc(OC(F)(F)F)cc1)c1cnc(N2CCOCC2)c(Br)c1. The number of halogens is 4. The number of alkyl halides is 3. The van der Waals surface area contributed by atoms with Crippen LogP contribution in [0.15, 0.2) is 41.0 Å². The first-order valence-corrected chi connectivity index (χ1v) is 8.76. The van der Waals surface area contributed by atoms with Crippen molar-refractivity contribution in [2.24, 2.45) is 0 Å². The Hall–Kier alpha value is -2.33. The Morgan fingerprint density at radius 3 is 2.48 bits per heavy atom. The standard InChI is InChI=1S/C17H15BrF3N3O3/c18-14-9-11(10-22-15(14)24-5-7-26-8-6-24)16(25)23-12-1-3-13(4-2-12)27-17(19,20)21/h1-4,9-10H,5-8H2,(H,23,25). The third kappa shape index (κ3) is 5.33. The van der Waals surface area contributed by atoms with Crippen molar-refractivity contribution >= 4 is 33.3 Å². The minimum Gasteiger partial charge on any atom is -0.406 e. The summed E-state index contributed by atoms with van der Waals surface area (Å²) in [7, 11) is 0. The molecule has 1 N–H and O–H groups in total. The highest BCUT2D eigenvalue weighted by molar-refractivity contribution is 9.10. The van der Waals surface area contributed by atoms with Crippen molar-refractivity contribution in [3.05, 3.63) is 46.6 Å². The van der Waals surface area contributed by atoms with Crippen LogP contribution in [0.25, 0.3) is 0 Å². The van der Waals surface area contributed by atoms with Crippen LogP contribution in [-0.2, 0) is 4.74 Å². The fraction of sp³-hybridized carbons (Fsp3) is 0.294. The van der Waals surface area contributed by atoms with Gasteiger partial charge in [0.2, 0.25) is 0 Å². The molecular formula is C17H15BrF3N3O3. The molecule has 0 spiro atoms. The van der Waals surface area contributed by atoms with E-state index < -0.39 is 12.3 Å². The van der Waals surface area contributed by atoms with E-state index in [1.807, 2.05) is 0 Å². The van der Waals surface area contributed by atoms with Crippen LogP contribution in [0.1, 0.15) is 10.4 Å². The van der Waals surface area contributed by atoms with E-state index in [1.165, 1.54) is 18.3 Å². The zero-order chi connectivity index (χ0) is 19.4. The first kappa shape index (κ1) is 19.4. The van der Waals surface area contributed by atoms with Crippen molar-refractivity contribution in [3.8, 4) is 5.75 Å². The van der Waals surface area contributed by atoms with Crippen molar-refractivity contribution in [1.82, 2.24) is 4.98 Å². The molecule has 2 aromatic rings. The highest BCUT2D eigenvalue weighted by atomic mass is 79.9. The Balaban J connectivity index is 1.66. The molecule has 0 atom stereocenters. The smallest absolute Gasteiger partial charge is 0.406 e. The number of nitrogens with one attached hydrogen (secondary N) is 1. The minimum absolute atomic E-state index is 0.314. The molecule has 0 aliphatic carbocycles. The summed E-state index contributed by atoms with van der Waals surface area (Å²) in [6.07, 6.45) is -3.31. The zero-order valence-electron chi connectivity index (χ0n) is 13.9. The van der Waals surface area contributed by atoms with Crippen LogP contribution in [0.2, 0.25) is 0 Å². The minimum atomic E-state index is -4.76. The highest BCUT2D eigenvalue weighted by Crippen LogP contribution is 2.27. The third-order valence-electron chi connectivity index (χ3n) is 3.74. The van der Waals surface area contributed by atoms with Crippen LogP contribution >= 0.6 is 15.9 Å². The van der Waals surface area contributed by atoms with Gasteiger partial charge in [0.1, 0.15) is 11.6 Å². The number of aromatic nitrogens is 1. The van der Waals surface area contributed by atoms with E-state index in [-0.39, 0.29) is 5.75 Å². The lowest BCUT2D eigenvalue weighted by Crippen LogP contribution is -2.37. The molecule has 144 valence electrons. The molecule has 27 heavy (non-hydrogen) atoms. The first-order valence-electron chi connectivity index (χ1n) is 7.97. The Morgan fingerprint density at radius 2 is 1.89 bits per heavy atom. The molecule has 1 aliphatic rings. The molecule has 0 unspecified atom stereocenters. The fourth-order valence-corrected chi connectivity index (χ4v) is 3.11. The molecule has 3 rings (SSSR count). The molecule has 0 saturated carbocycles. The maximum absolute atomic E-state index is 12.4. The molecule has 2 heterocycles. The Kier molecular flexibility index (Phi) is 5.85. The second-order valence-corrected chi connectivity index (χ2v) is 6.51. The van der Waals surface area contributed by atoms with Gasteiger partial charge in [-0.3, -0.25) is 4.79 Å². The van der Waals surface area contributed by atoms with Gasteiger partial charge in [0.15, 0.2) is 0 Å². The van der Waals surface area contributed by atoms with Gasteiger partial charge in [-0.05, 0) is 46.3 Å². The lowest BCUT2D eigenvalue weighted by Gasteiger charge is -2.28. The summed E-state index contributed by atoms with van der Waals surface area (Å²) in [5.41, 5.74) is 0.650. The predicted octanol–water partition coefficient (Wildman–Crippen LogP) is 3.83. The van der Waals surface area contributed by atoms with Gasteiger partial charge in [0, 0.05) is 25.0 Å². The van der Waals surface area contributed by atoms with Gasteiger partial charge in [0.05, 0.1) is 23.2 Å². The quantitative estimate of drug-likeness (QED) is 0.774. The number of morpholine rings is 1. The normalized spacial score (nSPS) is 14.7. The Labute approximate surface area is 161 Å². The number of anilines is 2. The molecular weight excluding hydrogens is 431 g/mol. The predicted molar refractivity (Wildman–Crippen MR) is 96.0 cm³/mol. The lowest BCUT2D eigenvalue weighted by atomic mass is 10.2. The van der Waals surface area contributed by atoms with Gasteiger partial charge >= 0.3 is 6.36 Å². The number of nitrogens with zero attached hydrogens (tertiary/aromatic N) is 2. The second-order valence-electron chi connectivity index (χ2n) is 5.66. The molecule has 0 radical (unpaired) electrons. The summed E-state index contributed by atoms with van der Waals surface area (Å²) in [6.45, 7) is 2.65. The third-order valence-corrected chi connectivity index (χ3v) is 4.32. The number of carbonyl (C=O) groups is 1. The molecule has 1 fully saturated rings. The molecule has 1 aromatic heterocycles. The number of hydrogen-bond acceptors (Lipinski definition) is 5. The van der Waals surface area contributed by atoms with Gasteiger partial charge in [-0.2, -0.15) is 0 Å². The molecule has 1 saturated heterocycles. The van der Waals surface area contributed by atoms with Gasteiger partial charge in [-0.1, -0.05) is 0 Å². The van der Waals surface area contributed by atoms with Crippen LogP contribution in [-0.4, -0.2) is 43.6 Å². The molecule has 1 aromatic carbocycles. The van der Waals surface area contributed by atoms with Gasteiger partial charge in [0.25, 0.3) is 5.91 Å². The van der Waals surface area contributed by atoms with Crippen molar-refractivity contribution in [2.75, 3.05) is 36.5 Å². The van der Waals surface area contributed by atoms with Gasteiger partial charge in [-0.15, -0.1) is 13.2 Å². The van der Waals surface area contributed by atoms with Crippen LogP contribution in [0, 0.1) is 0 Å². The van der Waals surface area contributed by atoms with Crippen molar-refractivity contribution in [2.45, 2.75) is 6.36 Å². The highest BCUT2D eigenvalue weighted by Gasteiger charge is 2.31. The number of ether oxygens (including phenoxy) is 2. The van der Waals surface area contributed by atoms with E-state index in [9.17, 15) is 18.0 Å². The zero-order valence-corrected chi connectivity index (χ0v) is 15.5. The molecule has 1 aliphatic heterocycles. The summed E-state index contributed by atoms with van der Waals surface area (Å²) in [4.78, 5) is 18.7. The van der Waals surface area contributed by atoms with Gasteiger partial charge in [-0.25, -0.2) is 4.98 Å². The number of amides is 1. The van der Waals surface area contributed by atoms with Crippen molar-refractivity contribution < 1.29 is 27.4 Å². The lowest BCUT2D eigenvalue weighted by molar-refractivity contribution is -0.274. The van der Waals surface area contributed by atoms with E-state index in [4.69, 9.17) is 4.74 Å². The maximum Gasteiger partial charge on any atom is 0.573 e. The largest absolute Gasteiger partial charge is 0.573 e. The van der Waals surface area contributed by atoms with E-state index >= 15 is 0 Å². The number of benzene rings is 1. The van der Waals surface area contributed by atoms with Crippen LogP contribution in [0.3, 0.4) is 0 Å². The van der Waals surface area contributed by atoms with Gasteiger partial charge < -0.3 is 19.7 Å². The summed E-state index contributed by atoms with van der Waals surface area (Å²) in [5, 5.41) is 2.60. The number of rotatable bonds is 4. The van der Waals surface area contributed by atoms with E-state index in [0.29, 0.717) is 42.0 Å². The Bertz CT molecular complexity index is 809. The van der Waals surface area contributed by atoms with Crippen LogP contribution in [0.5, 0.6) is 5.75 Å². The molecule has 6 nitrogen and oxygen atoms in total. The fourth-order valence-electron chi connectivity index (χ4n) is 2.51. The monoisotopic (exact) mass is 445 g/mol. The summed E-state index contributed by atoms with van der Waals surface area (Å²) in [6, 6.07) is 6.54. The number of hydrogen-bond donors (Lipinski definition) is 1. The average molecular weight is 446 g/mol. The maximum atomic E-state index is 12.4. The van der Waals surface area contributed by atoms with Crippen molar-refractivity contribution in [1.29, 1.82) is 0 Å². The topological polar surface area (TPSA) is 63.7 Å². The van der Waals surface area contributed by atoms with E-state index in [1.54, 1.807) is 6.07 Å². The van der Waals surface area contributed by atoms with E-state index in [0.717, 1.165) is 18.0 Å². The number of pyridine rings is 1. The van der Waals surface area contributed by atoms with Crippen LogP contribution in [0.4, 0.5) is 24.7 Å². The Morgan fingerprint density at radius 1 is 1.22 bits per heavy atom. The second kappa shape index (κ2) is 8.13. The summed E-state index contributed by atoms with van der Waals surface area (Å²) >= 11 is 3.43. The first-order chi connectivity index (χ1) is 12.8. The molecule has 10 heteroatoms. The average Bonchev–Trinajstić information content (AvgIpc) is 2.63. The van der Waals surface area contributed by atoms with E-state index in [2.05, 4.69) is 35.9 Å². The summed E-state index contributed by atoms with van der Waals surface area (Å²) in [5.74, 6) is -0.0653. The van der Waals surface area contributed by atoms with Crippen LogP contribution < -0.4 is 15.0 Å². The molecule has 1 amide bonds.